The standard InChI is InChI=1S/C17H11ClN2O4S/c1-8(21)11-4-2-9(6-13(11)18)14-5-3-10(24-14)7-12-15(22)19-17(25)20-16(12)23/h2-7,21H,1H2,(H2,19,20,22,23,25). The van der Waals surface area contributed by atoms with E-state index in [-0.39, 0.29) is 16.4 Å². The summed E-state index contributed by atoms with van der Waals surface area (Å²) in [6.07, 6.45) is 1.32. The molecular weight excluding hydrogens is 364 g/mol. The Morgan fingerprint density at radius 2 is 1.88 bits per heavy atom. The Morgan fingerprint density at radius 3 is 2.48 bits per heavy atom. The highest BCUT2D eigenvalue weighted by Crippen LogP contribution is 2.30. The van der Waals surface area contributed by atoms with Gasteiger partial charge in [-0.3, -0.25) is 20.2 Å². The van der Waals surface area contributed by atoms with Crippen molar-refractivity contribution in [1.82, 2.24) is 10.6 Å². The Labute approximate surface area is 152 Å². The van der Waals surface area contributed by atoms with Gasteiger partial charge in [-0.2, -0.15) is 0 Å². The summed E-state index contributed by atoms with van der Waals surface area (Å²) in [7, 11) is 0. The van der Waals surface area contributed by atoms with E-state index < -0.39 is 11.8 Å². The van der Waals surface area contributed by atoms with Crippen molar-refractivity contribution in [1.29, 1.82) is 0 Å². The van der Waals surface area contributed by atoms with E-state index in [1.807, 2.05) is 0 Å². The minimum absolute atomic E-state index is 0.0347. The number of carbonyl (C=O) groups is 2. The van der Waals surface area contributed by atoms with Gasteiger partial charge in [0.25, 0.3) is 11.8 Å². The summed E-state index contributed by atoms with van der Waals surface area (Å²) in [6.45, 7) is 3.43. The van der Waals surface area contributed by atoms with E-state index in [4.69, 9.17) is 28.2 Å². The molecule has 0 unspecified atom stereocenters. The Bertz CT molecular complexity index is 939. The fourth-order valence-electron chi connectivity index (χ4n) is 2.24. The minimum atomic E-state index is -0.597. The lowest BCUT2D eigenvalue weighted by Gasteiger charge is -2.15. The zero-order valence-electron chi connectivity index (χ0n) is 12.6. The zero-order chi connectivity index (χ0) is 18.1. The molecule has 1 saturated heterocycles. The molecule has 1 aromatic carbocycles. The topological polar surface area (TPSA) is 91.6 Å². The van der Waals surface area contributed by atoms with Gasteiger partial charge in [-0.15, -0.1) is 0 Å². The summed E-state index contributed by atoms with van der Waals surface area (Å²) in [4.78, 5) is 23.6. The lowest BCUT2D eigenvalue weighted by atomic mass is 10.1. The first-order valence-electron chi connectivity index (χ1n) is 7.01. The Kier molecular flexibility index (Phi) is 4.43. The summed E-state index contributed by atoms with van der Waals surface area (Å²) >= 11 is 10.8. The molecular formula is C17H11ClN2O4S. The predicted octanol–water partition coefficient (Wildman–Crippen LogP) is 3.04. The first-order valence-corrected chi connectivity index (χ1v) is 7.80. The molecule has 0 bridgehead atoms. The third kappa shape index (κ3) is 3.47. The number of carbonyl (C=O) groups excluding carboxylic acids is 2. The predicted molar refractivity (Wildman–Crippen MR) is 97.7 cm³/mol. The molecule has 0 radical (unpaired) electrons. The SMILES string of the molecule is C=C(O)c1ccc(-c2ccc(C=C3C(=O)NC(=S)NC3=O)o2)cc1Cl. The van der Waals surface area contributed by atoms with Gasteiger partial charge in [0.1, 0.15) is 22.9 Å². The summed E-state index contributed by atoms with van der Waals surface area (Å²) in [5.74, 6) is -0.527. The van der Waals surface area contributed by atoms with Gasteiger partial charge in [0.15, 0.2) is 5.11 Å². The Balaban J connectivity index is 1.90. The van der Waals surface area contributed by atoms with Crippen LogP contribution in [0.1, 0.15) is 11.3 Å². The average molecular weight is 375 g/mol. The highest BCUT2D eigenvalue weighted by Gasteiger charge is 2.26. The van der Waals surface area contributed by atoms with Gasteiger partial charge in [0, 0.05) is 11.1 Å². The molecule has 1 aliphatic heterocycles. The number of amides is 2. The van der Waals surface area contributed by atoms with Crippen LogP contribution in [0.25, 0.3) is 23.2 Å². The van der Waals surface area contributed by atoms with Crippen LogP contribution in [0.3, 0.4) is 0 Å². The van der Waals surface area contributed by atoms with Crippen LogP contribution in [0.5, 0.6) is 0 Å². The number of halogens is 1. The first kappa shape index (κ1) is 16.9. The molecule has 2 heterocycles. The maximum atomic E-state index is 11.8. The molecule has 1 aromatic heterocycles. The van der Waals surface area contributed by atoms with E-state index >= 15 is 0 Å². The van der Waals surface area contributed by atoms with Crippen LogP contribution < -0.4 is 10.6 Å². The van der Waals surface area contributed by atoms with Crippen molar-refractivity contribution in [2.75, 3.05) is 0 Å². The molecule has 6 nitrogen and oxygen atoms in total. The highest BCUT2D eigenvalue weighted by atomic mass is 35.5. The van der Waals surface area contributed by atoms with Crippen molar-refractivity contribution >= 4 is 52.6 Å². The summed E-state index contributed by atoms with van der Waals surface area (Å²) in [5.41, 5.74) is 0.976. The maximum absolute atomic E-state index is 11.8. The summed E-state index contributed by atoms with van der Waals surface area (Å²) < 4.78 is 5.64. The van der Waals surface area contributed by atoms with E-state index in [2.05, 4.69) is 17.2 Å². The van der Waals surface area contributed by atoms with Gasteiger partial charge in [-0.1, -0.05) is 24.2 Å². The summed E-state index contributed by atoms with van der Waals surface area (Å²) in [6, 6.07) is 8.23. The molecule has 1 aliphatic rings. The van der Waals surface area contributed by atoms with Crippen molar-refractivity contribution in [3.63, 3.8) is 0 Å². The Morgan fingerprint density at radius 1 is 1.20 bits per heavy atom. The molecule has 126 valence electrons. The van der Waals surface area contributed by atoms with Crippen LogP contribution in [0.2, 0.25) is 5.02 Å². The molecule has 0 saturated carbocycles. The molecule has 3 rings (SSSR count). The Hall–Kier alpha value is -2.90. The maximum Gasteiger partial charge on any atom is 0.263 e. The van der Waals surface area contributed by atoms with Crippen LogP contribution in [0.4, 0.5) is 0 Å². The van der Waals surface area contributed by atoms with Gasteiger partial charge in [-0.25, -0.2) is 0 Å². The molecule has 2 amide bonds. The normalized spacial score (nSPS) is 14.1. The van der Waals surface area contributed by atoms with E-state index in [0.29, 0.717) is 27.7 Å². The fourth-order valence-corrected chi connectivity index (χ4v) is 2.71. The lowest BCUT2D eigenvalue weighted by Crippen LogP contribution is -2.51. The van der Waals surface area contributed by atoms with Gasteiger partial charge < -0.3 is 9.52 Å². The smallest absolute Gasteiger partial charge is 0.263 e. The van der Waals surface area contributed by atoms with Crippen molar-refractivity contribution in [2.24, 2.45) is 0 Å². The van der Waals surface area contributed by atoms with Gasteiger partial charge in [-0.05, 0) is 42.6 Å². The fraction of sp³-hybridized carbons (Fsp3) is 0. The second-order valence-electron chi connectivity index (χ2n) is 5.14. The molecule has 1 fully saturated rings. The van der Waals surface area contributed by atoms with Crippen LogP contribution in [0, 0.1) is 0 Å². The number of furan rings is 1. The third-order valence-corrected chi connectivity index (χ3v) is 3.94. The van der Waals surface area contributed by atoms with Gasteiger partial charge in [0.2, 0.25) is 0 Å². The molecule has 2 aromatic rings. The second-order valence-corrected chi connectivity index (χ2v) is 5.95. The second kappa shape index (κ2) is 6.54. The molecule has 0 atom stereocenters. The number of hydrogen-bond donors (Lipinski definition) is 3. The number of aliphatic hydroxyl groups is 1. The van der Waals surface area contributed by atoms with E-state index in [1.54, 1.807) is 30.3 Å². The number of nitrogens with one attached hydrogen (secondary N) is 2. The first-order chi connectivity index (χ1) is 11.8. The number of hydrogen-bond acceptors (Lipinski definition) is 5. The van der Waals surface area contributed by atoms with E-state index in [0.717, 1.165) is 0 Å². The zero-order valence-corrected chi connectivity index (χ0v) is 14.2. The van der Waals surface area contributed by atoms with Crippen molar-refractivity contribution in [3.05, 3.63) is 58.8 Å². The van der Waals surface area contributed by atoms with E-state index in [9.17, 15) is 14.7 Å². The molecule has 0 aliphatic carbocycles. The molecule has 0 spiro atoms. The number of benzene rings is 1. The molecule has 3 N–H and O–H groups in total. The van der Waals surface area contributed by atoms with Crippen LogP contribution in [0.15, 0.2) is 46.9 Å². The highest BCUT2D eigenvalue weighted by molar-refractivity contribution is 7.80. The van der Waals surface area contributed by atoms with Crippen LogP contribution in [-0.2, 0) is 9.59 Å². The third-order valence-electron chi connectivity index (χ3n) is 3.42. The van der Waals surface area contributed by atoms with Crippen molar-refractivity contribution < 1.29 is 19.1 Å². The average Bonchev–Trinajstić information content (AvgIpc) is 2.99. The van der Waals surface area contributed by atoms with Crippen LogP contribution in [-0.4, -0.2) is 22.0 Å². The van der Waals surface area contributed by atoms with E-state index in [1.165, 1.54) is 6.08 Å². The van der Waals surface area contributed by atoms with Crippen LogP contribution >= 0.6 is 23.8 Å². The number of thiocarbonyl (C=S) groups is 1. The largest absolute Gasteiger partial charge is 0.508 e. The molecule has 8 heteroatoms. The quantitative estimate of drug-likeness (QED) is 0.332. The van der Waals surface area contributed by atoms with Crippen molar-refractivity contribution in [3.8, 4) is 11.3 Å². The summed E-state index contributed by atoms with van der Waals surface area (Å²) in [5, 5.41) is 14.4. The number of aliphatic hydroxyl groups excluding tert-OH is 1. The number of rotatable bonds is 3. The minimum Gasteiger partial charge on any atom is -0.508 e. The lowest BCUT2D eigenvalue weighted by molar-refractivity contribution is -0.123. The monoisotopic (exact) mass is 374 g/mol. The van der Waals surface area contributed by atoms with Gasteiger partial charge >= 0.3 is 0 Å². The molecule has 25 heavy (non-hydrogen) atoms. The van der Waals surface area contributed by atoms with Gasteiger partial charge in [0.05, 0.1) is 5.02 Å². The van der Waals surface area contributed by atoms with Crippen molar-refractivity contribution in [2.45, 2.75) is 0 Å².